The van der Waals surface area contributed by atoms with Gasteiger partial charge >= 0.3 is 0 Å². The first kappa shape index (κ1) is 22.2. The molecule has 0 unspecified atom stereocenters. The molecule has 5 heteroatoms. The second kappa shape index (κ2) is 17.0. The Balaban J connectivity index is 0. The van der Waals surface area contributed by atoms with E-state index in [2.05, 4.69) is 36.4 Å². The molecule has 4 nitrogen and oxygen atoms in total. The van der Waals surface area contributed by atoms with Gasteiger partial charge in [0.25, 0.3) is 0 Å². The third kappa shape index (κ3) is 13.0. The lowest BCUT2D eigenvalue weighted by molar-refractivity contribution is 0.192. The molecule has 0 aromatic carbocycles. The Morgan fingerprint density at radius 3 is 2.30 bits per heavy atom. The lowest BCUT2D eigenvalue weighted by Gasteiger charge is -2.13. The molecule has 0 saturated heterocycles. The molecule has 0 fully saturated rings. The summed E-state index contributed by atoms with van der Waals surface area (Å²) >= 11 is 0. The SMILES string of the molecule is CCNC(=NCC(CC)CC)NCCCCCOC.I. The van der Waals surface area contributed by atoms with E-state index in [9.17, 15) is 0 Å². The molecule has 0 aromatic rings. The van der Waals surface area contributed by atoms with E-state index in [1.165, 1.54) is 25.7 Å². The molecule has 0 amide bonds. The first-order chi connectivity index (χ1) is 9.28. The number of hydrogen-bond donors (Lipinski definition) is 2. The van der Waals surface area contributed by atoms with Crippen LogP contribution in [0.4, 0.5) is 0 Å². The van der Waals surface area contributed by atoms with Gasteiger partial charge < -0.3 is 15.4 Å². The maximum atomic E-state index is 5.04. The summed E-state index contributed by atoms with van der Waals surface area (Å²) in [5.74, 6) is 1.67. The van der Waals surface area contributed by atoms with Crippen molar-refractivity contribution in [1.82, 2.24) is 10.6 Å². The van der Waals surface area contributed by atoms with Gasteiger partial charge in [-0.1, -0.05) is 26.7 Å². The van der Waals surface area contributed by atoms with Crippen LogP contribution in [-0.4, -0.2) is 39.3 Å². The first-order valence-corrected chi connectivity index (χ1v) is 7.79. The number of methoxy groups -OCH3 is 1. The van der Waals surface area contributed by atoms with E-state index in [0.29, 0.717) is 5.92 Å². The second-order valence-electron chi connectivity index (χ2n) is 4.88. The largest absolute Gasteiger partial charge is 0.385 e. The monoisotopic (exact) mass is 399 g/mol. The third-order valence-corrected chi connectivity index (χ3v) is 3.32. The molecule has 0 rings (SSSR count). The van der Waals surface area contributed by atoms with Gasteiger partial charge in [-0.15, -0.1) is 24.0 Å². The van der Waals surface area contributed by atoms with Gasteiger partial charge in [-0.25, -0.2) is 0 Å². The summed E-state index contributed by atoms with van der Waals surface area (Å²) in [5, 5.41) is 6.70. The molecular weight excluding hydrogens is 365 g/mol. The minimum absolute atomic E-state index is 0. The lowest BCUT2D eigenvalue weighted by Crippen LogP contribution is -2.38. The van der Waals surface area contributed by atoms with Crippen molar-refractivity contribution >= 4 is 29.9 Å². The molecule has 0 bridgehead atoms. The highest BCUT2D eigenvalue weighted by molar-refractivity contribution is 14.0. The maximum absolute atomic E-state index is 5.04. The van der Waals surface area contributed by atoms with Crippen molar-refractivity contribution < 1.29 is 4.74 Å². The van der Waals surface area contributed by atoms with Gasteiger partial charge in [-0.3, -0.25) is 4.99 Å². The third-order valence-electron chi connectivity index (χ3n) is 3.32. The molecule has 0 atom stereocenters. The summed E-state index contributed by atoms with van der Waals surface area (Å²) in [5.41, 5.74) is 0. The van der Waals surface area contributed by atoms with E-state index in [0.717, 1.165) is 38.6 Å². The maximum Gasteiger partial charge on any atom is 0.191 e. The van der Waals surface area contributed by atoms with Crippen LogP contribution < -0.4 is 10.6 Å². The molecule has 20 heavy (non-hydrogen) atoms. The molecule has 0 saturated carbocycles. The number of rotatable bonds is 11. The normalized spacial score (nSPS) is 11.3. The van der Waals surface area contributed by atoms with Crippen LogP contribution in [0.1, 0.15) is 52.9 Å². The summed E-state index contributed by atoms with van der Waals surface area (Å²) in [4.78, 5) is 4.66. The number of nitrogens with zero attached hydrogens (tertiary/aromatic N) is 1. The Morgan fingerprint density at radius 1 is 1.05 bits per heavy atom. The summed E-state index contributed by atoms with van der Waals surface area (Å²) in [6.45, 7) is 10.3. The van der Waals surface area contributed by atoms with Gasteiger partial charge in [0, 0.05) is 33.4 Å². The fraction of sp³-hybridized carbons (Fsp3) is 0.933. The number of hydrogen-bond acceptors (Lipinski definition) is 2. The molecule has 0 radical (unpaired) electrons. The topological polar surface area (TPSA) is 45.7 Å². The molecule has 0 heterocycles. The van der Waals surface area contributed by atoms with Crippen LogP contribution in [0.2, 0.25) is 0 Å². The van der Waals surface area contributed by atoms with Gasteiger partial charge in [-0.2, -0.15) is 0 Å². The van der Waals surface area contributed by atoms with Crippen LogP contribution in [0.25, 0.3) is 0 Å². The van der Waals surface area contributed by atoms with Crippen molar-refractivity contribution in [3.05, 3.63) is 0 Å². The predicted molar refractivity (Wildman–Crippen MR) is 99.2 cm³/mol. The summed E-state index contributed by atoms with van der Waals surface area (Å²) in [6.07, 6.45) is 5.91. The van der Waals surface area contributed by atoms with Crippen molar-refractivity contribution in [2.75, 3.05) is 33.4 Å². The second-order valence-corrected chi connectivity index (χ2v) is 4.88. The highest BCUT2D eigenvalue weighted by Gasteiger charge is 2.03. The highest BCUT2D eigenvalue weighted by Crippen LogP contribution is 2.07. The molecule has 122 valence electrons. The first-order valence-electron chi connectivity index (χ1n) is 7.79. The Bertz CT molecular complexity index is 221. The number of halogens is 1. The molecule has 0 aliphatic carbocycles. The molecule has 0 spiro atoms. The average molecular weight is 399 g/mol. The zero-order valence-electron chi connectivity index (χ0n) is 13.7. The van der Waals surface area contributed by atoms with Gasteiger partial charge in [0.15, 0.2) is 5.96 Å². The van der Waals surface area contributed by atoms with Crippen molar-refractivity contribution in [3.63, 3.8) is 0 Å². The minimum atomic E-state index is 0. The van der Waals surface area contributed by atoms with Crippen LogP contribution in [-0.2, 0) is 4.74 Å². The van der Waals surface area contributed by atoms with Gasteiger partial charge in [0.05, 0.1) is 0 Å². The number of aliphatic imine (C=N–C) groups is 1. The Hall–Kier alpha value is -0.0400. The van der Waals surface area contributed by atoms with Gasteiger partial charge in [0.1, 0.15) is 0 Å². The van der Waals surface area contributed by atoms with E-state index in [-0.39, 0.29) is 24.0 Å². The van der Waals surface area contributed by atoms with Crippen LogP contribution in [0.15, 0.2) is 4.99 Å². The molecule has 0 aromatic heterocycles. The van der Waals surface area contributed by atoms with E-state index in [1.54, 1.807) is 7.11 Å². The predicted octanol–water partition coefficient (Wildman–Crippen LogP) is 3.41. The standard InChI is InChI=1S/C15H33N3O.HI/c1-5-14(6-2)13-18-15(16-7-3)17-11-9-8-10-12-19-4;/h14H,5-13H2,1-4H3,(H2,16,17,18);1H. The Morgan fingerprint density at radius 2 is 1.75 bits per heavy atom. The summed E-state index contributed by atoms with van der Waals surface area (Å²) in [6, 6.07) is 0. The number of unbranched alkanes of at least 4 members (excludes halogenated alkanes) is 2. The smallest absolute Gasteiger partial charge is 0.191 e. The van der Waals surface area contributed by atoms with Crippen LogP contribution in [0.5, 0.6) is 0 Å². The number of nitrogens with one attached hydrogen (secondary N) is 2. The lowest BCUT2D eigenvalue weighted by atomic mass is 10.0. The zero-order valence-corrected chi connectivity index (χ0v) is 16.0. The number of ether oxygens (including phenoxy) is 1. The van der Waals surface area contributed by atoms with Gasteiger partial charge in [-0.05, 0) is 32.1 Å². The van der Waals surface area contributed by atoms with Crippen molar-refractivity contribution in [3.8, 4) is 0 Å². The van der Waals surface area contributed by atoms with Crippen molar-refractivity contribution in [2.24, 2.45) is 10.9 Å². The van der Waals surface area contributed by atoms with E-state index in [1.807, 2.05) is 0 Å². The summed E-state index contributed by atoms with van der Waals surface area (Å²) in [7, 11) is 1.76. The highest BCUT2D eigenvalue weighted by atomic mass is 127. The van der Waals surface area contributed by atoms with E-state index in [4.69, 9.17) is 4.74 Å². The van der Waals surface area contributed by atoms with Crippen LogP contribution in [0, 0.1) is 5.92 Å². The number of guanidine groups is 1. The van der Waals surface area contributed by atoms with Crippen LogP contribution in [0.3, 0.4) is 0 Å². The average Bonchev–Trinajstić information content (AvgIpc) is 2.43. The summed E-state index contributed by atoms with van der Waals surface area (Å²) < 4.78 is 5.04. The zero-order chi connectivity index (χ0) is 14.3. The van der Waals surface area contributed by atoms with E-state index >= 15 is 0 Å². The molecule has 0 aliphatic heterocycles. The van der Waals surface area contributed by atoms with Crippen molar-refractivity contribution in [2.45, 2.75) is 52.9 Å². The van der Waals surface area contributed by atoms with E-state index < -0.39 is 0 Å². The molecule has 2 N–H and O–H groups in total. The molecule has 0 aliphatic rings. The van der Waals surface area contributed by atoms with Crippen LogP contribution >= 0.6 is 24.0 Å². The fourth-order valence-electron chi connectivity index (χ4n) is 1.86. The molecular formula is C15H34IN3O. The van der Waals surface area contributed by atoms with Crippen molar-refractivity contribution in [1.29, 1.82) is 0 Å². The Labute approximate surface area is 142 Å². The van der Waals surface area contributed by atoms with Gasteiger partial charge in [0.2, 0.25) is 0 Å². The quantitative estimate of drug-likeness (QED) is 0.242. The minimum Gasteiger partial charge on any atom is -0.385 e. The Kier molecular flexibility index (Phi) is 18.9. The fourth-order valence-corrected chi connectivity index (χ4v) is 1.86.